The molecule has 0 radical (unpaired) electrons. The highest BCUT2D eigenvalue weighted by atomic mass is 31.2. The summed E-state index contributed by atoms with van der Waals surface area (Å²) in [5.41, 5.74) is 3.23. The molecule has 0 spiro atoms. The number of rotatable bonds is 18. The van der Waals surface area contributed by atoms with E-state index in [1.165, 1.54) is 0 Å². The molecule has 3 aromatic carbocycles. The molecule has 3 aromatic rings. The van der Waals surface area contributed by atoms with Gasteiger partial charge in [-0.25, -0.2) is 4.57 Å². The fourth-order valence-corrected chi connectivity index (χ4v) is 5.85. The number of hydrogen-bond acceptors (Lipinski definition) is 8. The van der Waals surface area contributed by atoms with Crippen LogP contribution in [0.3, 0.4) is 0 Å². The van der Waals surface area contributed by atoms with Gasteiger partial charge >= 0.3 is 15.6 Å². The standard InChI is InChI=1S/C21H21O4P.C12H27O4P/c1-16-4-10-19(11-5-16)23-26(22,24-20-12-6-17(2)7-13-20)25-21-14-8-18(3)9-15-21;1-4-7-10-14-17(13,15-11-8-5-2)16-12-9-6-3/h4-15H,1-3H3;4-12H2,1-3H3. The summed E-state index contributed by atoms with van der Waals surface area (Å²) in [6, 6.07) is 21.6. The van der Waals surface area contributed by atoms with Crippen LogP contribution in [0.2, 0.25) is 0 Å². The van der Waals surface area contributed by atoms with Crippen LogP contribution in [0.1, 0.15) is 76.0 Å². The molecular weight excluding hydrogens is 586 g/mol. The van der Waals surface area contributed by atoms with Gasteiger partial charge in [0.15, 0.2) is 0 Å². The third-order valence-electron chi connectivity index (χ3n) is 5.96. The highest BCUT2D eigenvalue weighted by Gasteiger charge is 2.33. The molecule has 43 heavy (non-hydrogen) atoms. The first-order chi connectivity index (χ1) is 20.6. The molecule has 0 heterocycles. The van der Waals surface area contributed by atoms with Crippen molar-refractivity contribution < 1.29 is 36.3 Å². The van der Waals surface area contributed by atoms with Crippen molar-refractivity contribution in [3.05, 3.63) is 89.5 Å². The summed E-state index contributed by atoms with van der Waals surface area (Å²) in [4.78, 5) is 0. The van der Waals surface area contributed by atoms with Gasteiger partial charge in [0.25, 0.3) is 0 Å². The smallest absolute Gasteiger partial charge is 0.386 e. The van der Waals surface area contributed by atoms with Gasteiger partial charge in [0.2, 0.25) is 0 Å². The molecule has 0 bridgehead atoms. The lowest BCUT2D eigenvalue weighted by molar-refractivity contribution is 0.110. The summed E-state index contributed by atoms with van der Waals surface area (Å²) in [5.74, 6) is 1.24. The molecule has 0 N–H and O–H groups in total. The highest BCUT2D eigenvalue weighted by Crippen LogP contribution is 2.50. The van der Waals surface area contributed by atoms with Crippen molar-refractivity contribution >= 4 is 15.6 Å². The van der Waals surface area contributed by atoms with Crippen LogP contribution in [0.4, 0.5) is 0 Å². The first kappa shape index (κ1) is 36.6. The minimum atomic E-state index is -3.93. The Morgan fingerprint density at radius 2 is 0.698 bits per heavy atom. The summed E-state index contributed by atoms with van der Waals surface area (Å²) in [6.45, 7) is 13.4. The van der Waals surface area contributed by atoms with E-state index in [1.54, 1.807) is 36.4 Å². The van der Waals surface area contributed by atoms with Gasteiger partial charge in [-0.3, -0.25) is 13.6 Å². The molecule has 0 aromatic heterocycles. The fourth-order valence-electron chi connectivity index (χ4n) is 3.31. The predicted molar refractivity (Wildman–Crippen MR) is 173 cm³/mol. The van der Waals surface area contributed by atoms with Crippen LogP contribution in [0.15, 0.2) is 72.8 Å². The Morgan fingerprint density at radius 3 is 0.930 bits per heavy atom. The summed E-state index contributed by atoms with van der Waals surface area (Å²) in [6.07, 6.45) is 5.63. The van der Waals surface area contributed by atoms with Crippen LogP contribution in [-0.4, -0.2) is 19.8 Å². The van der Waals surface area contributed by atoms with E-state index in [2.05, 4.69) is 20.8 Å². The second-order valence-corrected chi connectivity index (χ2v) is 13.3. The van der Waals surface area contributed by atoms with E-state index in [0.717, 1.165) is 55.2 Å². The Balaban J connectivity index is 0.000000332. The lowest BCUT2D eigenvalue weighted by Gasteiger charge is -2.19. The van der Waals surface area contributed by atoms with Crippen molar-refractivity contribution in [3.63, 3.8) is 0 Å². The molecule has 0 unspecified atom stereocenters. The summed E-state index contributed by atoms with van der Waals surface area (Å²) in [5, 5.41) is 0. The monoisotopic (exact) mass is 634 g/mol. The minimum absolute atomic E-state index is 0.415. The van der Waals surface area contributed by atoms with Gasteiger partial charge in [-0.1, -0.05) is 93.1 Å². The molecule has 0 aliphatic carbocycles. The Morgan fingerprint density at radius 1 is 0.442 bits per heavy atom. The Bertz CT molecular complexity index is 1110. The zero-order chi connectivity index (χ0) is 31.6. The first-order valence-corrected chi connectivity index (χ1v) is 17.9. The third kappa shape index (κ3) is 15.1. The van der Waals surface area contributed by atoms with Gasteiger partial charge < -0.3 is 13.6 Å². The van der Waals surface area contributed by atoms with Gasteiger partial charge in [0.05, 0.1) is 19.8 Å². The van der Waals surface area contributed by atoms with Crippen LogP contribution >= 0.6 is 15.6 Å². The van der Waals surface area contributed by atoms with Crippen LogP contribution in [-0.2, 0) is 22.7 Å². The molecular formula is C33H48O8P2. The number of phosphoric ester groups is 2. The largest absolute Gasteiger partial charge is 0.647 e. The van der Waals surface area contributed by atoms with E-state index >= 15 is 0 Å². The van der Waals surface area contributed by atoms with Crippen molar-refractivity contribution in [2.75, 3.05) is 19.8 Å². The molecule has 238 valence electrons. The van der Waals surface area contributed by atoms with Crippen LogP contribution < -0.4 is 13.6 Å². The van der Waals surface area contributed by atoms with Gasteiger partial charge in [-0.05, 0) is 76.4 Å². The normalized spacial score (nSPS) is 11.4. The highest BCUT2D eigenvalue weighted by molar-refractivity contribution is 7.49. The number of aryl methyl sites for hydroxylation is 3. The molecule has 10 heteroatoms. The maximum absolute atomic E-state index is 13.3. The molecule has 8 nitrogen and oxygen atoms in total. The number of benzene rings is 3. The van der Waals surface area contributed by atoms with E-state index < -0.39 is 15.6 Å². The molecule has 0 saturated heterocycles. The zero-order valence-corrected chi connectivity index (χ0v) is 28.2. The maximum Gasteiger partial charge on any atom is 0.647 e. The predicted octanol–water partition coefficient (Wildman–Crippen LogP) is 10.8. The average molecular weight is 635 g/mol. The molecule has 3 rings (SSSR count). The average Bonchev–Trinajstić information content (AvgIpc) is 2.98. The summed E-state index contributed by atoms with van der Waals surface area (Å²) >= 11 is 0. The van der Waals surface area contributed by atoms with Crippen molar-refractivity contribution in [1.82, 2.24) is 0 Å². The van der Waals surface area contributed by atoms with Crippen molar-refractivity contribution in [3.8, 4) is 17.2 Å². The first-order valence-electron chi connectivity index (χ1n) is 15.0. The Kier molecular flexibility index (Phi) is 16.7. The van der Waals surface area contributed by atoms with Gasteiger partial charge in [-0.2, -0.15) is 4.57 Å². The van der Waals surface area contributed by atoms with Crippen LogP contribution in [0.25, 0.3) is 0 Å². The second-order valence-electron chi connectivity index (χ2n) is 10.2. The third-order valence-corrected chi connectivity index (χ3v) is 8.76. The number of hydrogen-bond donors (Lipinski definition) is 0. The van der Waals surface area contributed by atoms with E-state index in [1.807, 2.05) is 57.2 Å². The molecule has 0 aliphatic rings. The topological polar surface area (TPSA) is 89.5 Å². The molecule has 0 saturated carbocycles. The lowest BCUT2D eigenvalue weighted by atomic mass is 10.2. The van der Waals surface area contributed by atoms with Crippen molar-refractivity contribution in [1.29, 1.82) is 0 Å². The Hall–Kier alpha value is -2.60. The van der Waals surface area contributed by atoms with E-state index in [9.17, 15) is 9.13 Å². The minimum Gasteiger partial charge on any atom is -0.386 e. The van der Waals surface area contributed by atoms with Gasteiger partial charge in [0, 0.05) is 0 Å². The van der Waals surface area contributed by atoms with Crippen LogP contribution in [0, 0.1) is 20.8 Å². The van der Waals surface area contributed by atoms with Crippen molar-refractivity contribution in [2.24, 2.45) is 0 Å². The number of unbranched alkanes of at least 4 members (excludes halogenated alkanes) is 3. The summed E-state index contributed by atoms with van der Waals surface area (Å²) in [7, 11) is -7.24. The van der Waals surface area contributed by atoms with E-state index in [0.29, 0.717) is 37.1 Å². The van der Waals surface area contributed by atoms with Crippen molar-refractivity contribution in [2.45, 2.75) is 80.1 Å². The number of phosphoric acid groups is 2. The molecule has 0 aliphatic heterocycles. The van der Waals surface area contributed by atoms with E-state index in [-0.39, 0.29) is 0 Å². The molecule has 0 amide bonds. The van der Waals surface area contributed by atoms with Crippen LogP contribution in [0.5, 0.6) is 17.2 Å². The second kappa shape index (κ2) is 19.6. The Labute approximate surface area is 258 Å². The quantitative estimate of drug-likeness (QED) is 0.101. The SMILES string of the molecule is CCCCOP(=O)(OCCCC)OCCCC.Cc1ccc(OP(=O)(Oc2ccc(C)cc2)Oc2ccc(C)cc2)cc1. The molecule has 0 atom stereocenters. The lowest BCUT2D eigenvalue weighted by Crippen LogP contribution is -2.07. The van der Waals surface area contributed by atoms with Gasteiger partial charge in [-0.15, -0.1) is 0 Å². The zero-order valence-electron chi connectivity index (χ0n) is 26.5. The maximum atomic E-state index is 13.3. The fraction of sp³-hybridized carbons (Fsp3) is 0.455. The summed E-state index contributed by atoms with van der Waals surface area (Å²) < 4.78 is 58.2. The van der Waals surface area contributed by atoms with E-state index in [4.69, 9.17) is 27.1 Å². The van der Waals surface area contributed by atoms with Gasteiger partial charge in [0.1, 0.15) is 17.2 Å². The molecule has 0 fully saturated rings.